The first-order chi connectivity index (χ1) is 9.70. The van der Waals surface area contributed by atoms with Crippen LogP contribution in [0.4, 0.5) is 0 Å². The highest BCUT2D eigenvalue weighted by Crippen LogP contribution is 2.09. The van der Waals surface area contributed by atoms with Gasteiger partial charge >= 0.3 is 5.69 Å². The van der Waals surface area contributed by atoms with Gasteiger partial charge in [-0.2, -0.15) is 0 Å². The standard InChI is InChI=1S/C13H22N4O4/c1-8(2)15-11(19)6-17-12(20)7-16(13(17)21)5-9(3)4-10(14)18/h7-9,20H,4-6H2,1-3H3,(H2,14,18)(H,15,19). The average molecular weight is 298 g/mol. The molecule has 2 amide bonds. The van der Waals surface area contributed by atoms with Gasteiger partial charge in [0.1, 0.15) is 6.54 Å². The van der Waals surface area contributed by atoms with Gasteiger partial charge in [0.15, 0.2) is 0 Å². The minimum absolute atomic E-state index is 0.0481. The van der Waals surface area contributed by atoms with E-state index in [4.69, 9.17) is 5.73 Å². The lowest BCUT2D eigenvalue weighted by molar-refractivity contribution is -0.122. The first-order valence-corrected chi connectivity index (χ1v) is 6.77. The quantitative estimate of drug-likeness (QED) is 0.622. The van der Waals surface area contributed by atoms with Crippen molar-refractivity contribution in [3.63, 3.8) is 0 Å². The Hall–Kier alpha value is -2.25. The normalized spacial score (nSPS) is 12.4. The van der Waals surface area contributed by atoms with Gasteiger partial charge in [0, 0.05) is 19.0 Å². The molecule has 0 aromatic carbocycles. The lowest BCUT2D eigenvalue weighted by Gasteiger charge is -2.09. The highest BCUT2D eigenvalue weighted by atomic mass is 16.3. The topological polar surface area (TPSA) is 119 Å². The van der Waals surface area contributed by atoms with Crippen LogP contribution in [0.1, 0.15) is 27.2 Å². The zero-order chi connectivity index (χ0) is 16.2. The van der Waals surface area contributed by atoms with Crippen LogP contribution in [0.25, 0.3) is 0 Å². The van der Waals surface area contributed by atoms with Crippen molar-refractivity contribution < 1.29 is 14.7 Å². The summed E-state index contributed by atoms with van der Waals surface area (Å²) in [7, 11) is 0. The molecule has 0 fully saturated rings. The first-order valence-electron chi connectivity index (χ1n) is 6.77. The predicted octanol–water partition coefficient (Wildman–Crippen LogP) is -0.608. The van der Waals surface area contributed by atoms with Gasteiger partial charge in [0.05, 0.1) is 6.20 Å². The molecule has 1 atom stereocenters. The second-order valence-corrected chi connectivity index (χ2v) is 5.51. The number of imidazole rings is 1. The van der Waals surface area contributed by atoms with E-state index in [1.54, 1.807) is 20.8 Å². The third-order valence-corrected chi connectivity index (χ3v) is 2.83. The number of nitrogens with zero attached hydrogens (tertiary/aromatic N) is 2. The summed E-state index contributed by atoms with van der Waals surface area (Å²) in [5.41, 5.74) is 4.60. The molecule has 0 saturated heterocycles. The van der Waals surface area contributed by atoms with E-state index in [1.165, 1.54) is 10.8 Å². The van der Waals surface area contributed by atoms with Crippen LogP contribution >= 0.6 is 0 Å². The number of carbonyl (C=O) groups excluding carboxylic acids is 2. The van der Waals surface area contributed by atoms with E-state index < -0.39 is 11.6 Å². The Bertz CT molecular complexity index is 573. The van der Waals surface area contributed by atoms with E-state index in [9.17, 15) is 19.5 Å². The highest BCUT2D eigenvalue weighted by Gasteiger charge is 2.16. The molecule has 8 nitrogen and oxygen atoms in total. The summed E-state index contributed by atoms with van der Waals surface area (Å²) in [6, 6.07) is -0.0481. The fourth-order valence-corrected chi connectivity index (χ4v) is 2.05. The van der Waals surface area contributed by atoms with Crippen LogP contribution < -0.4 is 16.7 Å². The fraction of sp³-hybridized carbons (Fsp3) is 0.615. The summed E-state index contributed by atoms with van der Waals surface area (Å²) in [6.07, 6.45) is 1.40. The fourth-order valence-electron chi connectivity index (χ4n) is 2.05. The average Bonchev–Trinajstić information content (AvgIpc) is 2.54. The van der Waals surface area contributed by atoms with E-state index in [2.05, 4.69) is 5.32 Å². The SMILES string of the molecule is CC(CC(N)=O)Cn1cc(O)n(CC(=O)NC(C)C)c1=O. The van der Waals surface area contributed by atoms with Gasteiger partial charge in [-0.3, -0.25) is 18.7 Å². The molecule has 21 heavy (non-hydrogen) atoms. The van der Waals surface area contributed by atoms with E-state index in [0.29, 0.717) is 0 Å². The molecule has 0 saturated carbocycles. The molecular formula is C13H22N4O4. The van der Waals surface area contributed by atoms with Crippen LogP contribution in [0, 0.1) is 5.92 Å². The number of carbonyl (C=O) groups is 2. The first kappa shape index (κ1) is 16.8. The number of amides is 2. The van der Waals surface area contributed by atoms with Crippen molar-refractivity contribution in [1.82, 2.24) is 14.5 Å². The van der Waals surface area contributed by atoms with E-state index in [1.807, 2.05) is 0 Å². The Labute approximate surface area is 122 Å². The predicted molar refractivity (Wildman–Crippen MR) is 76.6 cm³/mol. The zero-order valence-electron chi connectivity index (χ0n) is 12.5. The zero-order valence-corrected chi connectivity index (χ0v) is 12.5. The number of nitrogens with two attached hydrogens (primary N) is 1. The van der Waals surface area contributed by atoms with Crippen LogP contribution in [-0.4, -0.2) is 32.1 Å². The molecule has 118 valence electrons. The van der Waals surface area contributed by atoms with E-state index in [-0.39, 0.29) is 43.3 Å². The molecule has 0 radical (unpaired) electrons. The summed E-state index contributed by atoms with van der Waals surface area (Å²) in [5.74, 6) is -1.23. The largest absolute Gasteiger partial charge is 0.493 e. The second-order valence-electron chi connectivity index (χ2n) is 5.51. The van der Waals surface area contributed by atoms with Gasteiger partial charge < -0.3 is 16.2 Å². The third-order valence-electron chi connectivity index (χ3n) is 2.83. The van der Waals surface area contributed by atoms with E-state index in [0.717, 1.165) is 4.57 Å². The maximum absolute atomic E-state index is 12.1. The molecule has 0 aliphatic rings. The number of rotatable bonds is 7. The van der Waals surface area contributed by atoms with Gasteiger partial charge in [-0.15, -0.1) is 0 Å². The van der Waals surface area contributed by atoms with Crippen LogP contribution in [-0.2, 0) is 22.7 Å². The molecule has 1 rings (SSSR count). The summed E-state index contributed by atoms with van der Waals surface area (Å²) < 4.78 is 2.25. The Morgan fingerprint density at radius 2 is 2.00 bits per heavy atom. The molecule has 1 unspecified atom stereocenters. The Balaban J connectivity index is 2.83. The smallest absolute Gasteiger partial charge is 0.331 e. The molecule has 0 bridgehead atoms. The summed E-state index contributed by atoms with van der Waals surface area (Å²) in [5, 5.41) is 12.4. The molecule has 4 N–H and O–H groups in total. The lowest BCUT2D eigenvalue weighted by Crippen LogP contribution is -2.36. The molecule has 0 aliphatic carbocycles. The van der Waals surface area contributed by atoms with Crippen molar-refractivity contribution in [1.29, 1.82) is 0 Å². The minimum atomic E-state index is -0.497. The summed E-state index contributed by atoms with van der Waals surface area (Å²) in [6.45, 7) is 5.37. The Kier molecular flexibility index (Phi) is 5.57. The molecular weight excluding hydrogens is 276 g/mol. The number of primary amides is 1. The van der Waals surface area contributed by atoms with Crippen molar-refractivity contribution >= 4 is 11.8 Å². The molecule has 0 aliphatic heterocycles. The number of nitrogens with one attached hydrogen (secondary N) is 1. The number of aromatic nitrogens is 2. The molecule has 1 aromatic heterocycles. The number of hydrogen-bond acceptors (Lipinski definition) is 4. The minimum Gasteiger partial charge on any atom is -0.493 e. The molecule has 1 aromatic rings. The molecule has 0 spiro atoms. The number of aromatic hydroxyl groups is 1. The summed E-state index contributed by atoms with van der Waals surface area (Å²) >= 11 is 0. The maximum Gasteiger partial charge on any atom is 0.331 e. The van der Waals surface area contributed by atoms with Crippen molar-refractivity contribution in [3.8, 4) is 5.88 Å². The Morgan fingerprint density at radius 3 is 2.52 bits per heavy atom. The van der Waals surface area contributed by atoms with Gasteiger partial charge in [-0.05, 0) is 19.8 Å². The van der Waals surface area contributed by atoms with Crippen molar-refractivity contribution in [3.05, 3.63) is 16.7 Å². The van der Waals surface area contributed by atoms with Crippen molar-refractivity contribution in [2.24, 2.45) is 11.7 Å². The Morgan fingerprint density at radius 1 is 1.38 bits per heavy atom. The second kappa shape index (κ2) is 6.96. The van der Waals surface area contributed by atoms with Crippen LogP contribution in [0.15, 0.2) is 11.0 Å². The van der Waals surface area contributed by atoms with Crippen LogP contribution in [0.3, 0.4) is 0 Å². The lowest BCUT2D eigenvalue weighted by atomic mass is 10.1. The van der Waals surface area contributed by atoms with Crippen molar-refractivity contribution in [2.75, 3.05) is 0 Å². The number of hydrogen-bond donors (Lipinski definition) is 3. The monoisotopic (exact) mass is 298 g/mol. The maximum atomic E-state index is 12.1. The van der Waals surface area contributed by atoms with Gasteiger partial charge in [-0.1, -0.05) is 6.92 Å². The van der Waals surface area contributed by atoms with E-state index >= 15 is 0 Å². The van der Waals surface area contributed by atoms with Crippen LogP contribution in [0.2, 0.25) is 0 Å². The van der Waals surface area contributed by atoms with Gasteiger partial charge in [0.2, 0.25) is 17.7 Å². The molecule has 1 heterocycles. The van der Waals surface area contributed by atoms with Crippen molar-refractivity contribution in [2.45, 2.75) is 46.3 Å². The van der Waals surface area contributed by atoms with Crippen LogP contribution in [0.5, 0.6) is 5.88 Å². The molecule has 8 heteroatoms. The van der Waals surface area contributed by atoms with Gasteiger partial charge in [0.25, 0.3) is 0 Å². The summed E-state index contributed by atoms with van der Waals surface area (Å²) in [4.78, 5) is 34.6. The van der Waals surface area contributed by atoms with Gasteiger partial charge in [-0.25, -0.2) is 4.79 Å². The highest BCUT2D eigenvalue weighted by molar-refractivity contribution is 5.76. The third kappa shape index (κ3) is 4.97.